The number of aromatic nitrogens is 1. The fourth-order valence-corrected chi connectivity index (χ4v) is 6.91. The molecule has 0 unspecified atom stereocenters. The average Bonchev–Trinajstić information content (AvgIpc) is 3.39. The molecule has 2 heterocycles. The summed E-state index contributed by atoms with van der Waals surface area (Å²) >= 11 is 7.52. The lowest BCUT2D eigenvalue weighted by Crippen LogP contribution is -2.38. The number of hydrogen-bond acceptors (Lipinski definition) is 6. The Labute approximate surface area is 222 Å². The summed E-state index contributed by atoms with van der Waals surface area (Å²) in [5, 5.41) is 3.70. The Morgan fingerprint density at radius 2 is 1.69 bits per heavy atom. The summed E-state index contributed by atoms with van der Waals surface area (Å²) in [5.41, 5.74) is 3.33. The van der Waals surface area contributed by atoms with E-state index in [2.05, 4.69) is 48.4 Å². The first-order valence-corrected chi connectivity index (χ1v) is 15.3. The van der Waals surface area contributed by atoms with Crippen LogP contribution in [-0.2, 0) is 14.6 Å². The number of amides is 1. The van der Waals surface area contributed by atoms with Crippen LogP contribution in [0.2, 0.25) is 5.02 Å². The van der Waals surface area contributed by atoms with Crippen LogP contribution in [-0.4, -0.2) is 56.1 Å². The molecular weight excluding hydrogens is 514 g/mol. The van der Waals surface area contributed by atoms with Crippen LogP contribution in [0.1, 0.15) is 44.0 Å². The molecule has 0 bridgehead atoms. The number of nitrogens with zero attached hydrogens (tertiary/aromatic N) is 3. The van der Waals surface area contributed by atoms with Crippen molar-refractivity contribution in [3.63, 3.8) is 0 Å². The standard InChI is InChI=1S/C27H32ClN3O3S2/c1-3-30(4-2)23-9-5-20(6-10-23)25-19-35-27(29-25)21-13-16-31(17-14-21)26(32)15-18-36(33,34)24-11-7-22(28)8-12-24/h5-12,19,21H,3-4,13-18H2,1-2H3. The maximum Gasteiger partial charge on any atom is 0.223 e. The number of carbonyl (C=O) groups excluding carboxylic acids is 1. The molecule has 9 heteroatoms. The fourth-order valence-electron chi connectivity index (χ4n) is 4.55. The number of rotatable bonds is 9. The zero-order valence-electron chi connectivity index (χ0n) is 20.7. The van der Waals surface area contributed by atoms with Gasteiger partial charge >= 0.3 is 0 Å². The van der Waals surface area contributed by atoms with Gasteiger partial charge in [0.15, 0.2) is 9.84 Å². The summed E-state index contributed by atoms with van der Waals surface area (Å²) in [6.07, 6.45) is 1.66. The number of benzene rings is 2. The van der Waals surface area contributed by atoms with Gasteiger partial charge in [-0.15, -0.1) is 11.3 Å². The lowest BCUT2D eigenvalue weighted by Gasteiger charge is -2.31. The zero-order chi connectivity index (χ0) is 25.7. The Balaban J connectivity index is 1.30. The van der Waals surface area contributed by atoms with Crippen molar-refractivity contribution in [1.29, 1.82) is 0 Å². The zero-order valence-corrected chi connectivity index (χ0v) is 23.1. The van der Waals surface area contributed by atoms with Crippen molar-refractivity contribution in [2.24, 2.45) is 0 Å². The Morgan fingerprint density at radius 1 is 1.06 bits per heavy atom. The molecule has 36 heavy (non-hydrogen) atoms. The summed E-state index contributed by atoms with van der Waals surface area (Å²) in [7, 11) is -3.52. The monoisotopic (exact) mass is 545 g/mol. The average molecular weight is 546 g/mol. The van der Waals surface area contributed by atoms with Crippen molar-refractivity contribution in [3.8, 4) is 11.3 Å². The molecule has 192 valence electrons. The number of anilines is 1. The second kappa shape index (κ2) is 11.8. The van der Waals surface area contributed by atoms with Crippen LogP contribution >= 0.6 is 22.9 Å². The Kier molecular flexibility index (Phi) is 8.70. The van der Waals surface area contributed by atoms with Crippen molar-refractivity contribution >= 4 is 44.4 Å². The minimum Gasteiger partial charge on any atom is -0.372 e. The van der Waals surface area contributed by atoms with Crippen molar-refractivity contribution in [2.75, 3.05) is 36.8 Å². The molecule has 1 saturated heterocycles. The van der Waals surface area contributed by atoms with E-state index in [0.717, 1.165) is 42.2 Å². The number of thiazole rings is 1. The summed E-state index contributed by atoms with van der Waals surface area (Å²) in [6, 6.07) is 14.6. The molecule has 2 aromatic carbocycles. The topological polar surface area (TPSA) is 70.6 Å². The quantitative estimate of drug-likeness (QED) is 0.336. The molecule has 0 saturated carbocycles. The highest BCUT2D eigenvalue weighted by atomic mass is 35.5. The van der Waals surface area contributed by atoms with Crippen LogP contribution < -0.4 is 4.90 Å². The normalized spacial score (nSPS) is 14.7. The van der Waals surface area contributed by atoms with E-state index in [1.807, 2.05) is 0 Å². The number of sulfone groups is 1. The molecule has 0 spiro atoms. The van der Waals surface area contributed by atoms with Gasteiger partial charge in [-0.3, -0.25) is 4.79 Å². The van der Waals surface area contributed by atoms with Gasteiger partial charge < -0.3 is 9.80 Å². The fraction of sp³-hybridized carbons (Fsp3) is 0.407. The van der Waals surface area contributed by atoms with E-state index < -0.39 is 9.84 Å². The highest BCUT2D eigenvalue weighted by Crippen LogP contribution is 2.33. The Bertz CT molecular complexity index is 1260. The molecule has 0 radical (unpaired) electrons. The molecule has 1 amide bonds. The van der Waals surface area contributed by atoms with Crippen molar-refractivity contribution in [1.82, 2.24) is 9.88 Å². The SMILES string of the molecule is CCN(CC)c1ccc(-c2csc(C3CCN(C(=O)CCS(=O)(=O)c4ccc(Cl)cc4)CC3)n2)cc1. The van der Waals surface area contributed by atoms with Crippen LogP contribution in [0.15, 0.2) is 58.8 Å². The molecule has 4 rings (SSSR count). The molecule has 0 atom stereocenters. The van der Waals surface area contributed by atoms with Gasteiger partial charge in [0.25, 0.3) is 0 Å². The lowest BCUT2D eigenvalue weighted by atomic mass is 9.97. The van der Waals surface area contributed by atoms with Gasteiger partial charge in [-0.2, -0.15) is 0 Å². The highest BCUT2D eigenvalue weighted by molar-refractivity contribution is 7.91. The van der Waals surface area contributed by atoms with E-state index in [4.69, 9.17) is 16.6 Å². The Morgan fingerprint density at radius 3 is 2.31 bits per heavy atom. The first kappa shape index (κ1) is 26.6. The van der Waals surface area contributed by atoms with Crippen molar-refractivity contribution < 1.29 is 13.2 Å². The second-order valence-corrected chi connectivity index (χ2v) is 12.4. The van der Waals surface area contributed by atoms with Crippen LogP contribution in [0.5, 0.6) is 0 Å². The van der Waals surface area contributed by atoms with Gasteiger partial charge in [0, 0.05) is 60.2 Å². The van der Waals surface area contributed by atoms with Gasteiger partial charge in [-0.1, -0.05) is 23.7 Å². The number of likely N-dealkylation sites (tertiary alicyclic amines) is 1. The lowest BCUT2D eigenvalue weighted by molar-refractivity contribution is -0.131. The smallest absolute Gasteiger partial charge is 0.223 e. The number of piperidine rings is 1. The molecule has 1 fully saturated rings. The third-order valence-electron chi connectivity index (χ3n) is 6.77. The van der Waals surface area contributed by atoms with Crippen LogP contribution in [0.4, 0.5) is 5.69 Å². The Hall–Kier alpha value is -2.42. The van der Waals surface area contributed by atoms with Crippen LogP contribution in [0.25, 0.3) is 11.3 Å². The van der Waals surface area contributed by atoms with E-state index in [1.54, 1.807) is 28.4 Å². The van der Waals surface area contributed by atoms with E-state index in [-0.39, 0.29) is 23.0 Å². The van der Waals surface area contributed by atoms with Crippen LogP contribution in [0.3, 0.4) is 0 Å². The number of carbonyl (C=O) groups is 1. The largest absolute Gasteiger partial charge is 0.372 e. The van der Waals surface area contributed by atoms with Crippen LogP contribution in [0, 0.1) is 0 Å². The number of hydrogen-bond donors (Lipinski definition) is 0. The molecule has 3 aromatic rings. The van der Waals surface area contributed by atoms with E-state index in [1.165, 1.54) is 17.8 Å². The van der Waals surface area contributed by atoms with Crippen molar-refractivity contribution in [2.45, 2.75) is 43.9 Å². The maximum atomic E-state index is 12.7. The van der Waals surface area contributed by atoms with Gasteiger partial charge in [-0.25, -0.2) is 13.4 Å². The molecule has 0 N–H and O–H groups in total. The van der Waals surface area contributed by atoms with Gasteiger partial charge in [0.2, 0.25) is 5.91 Å². The molecule has 1 aliphatic heterocycles. The van der Waals surface area contributed by atoms with Gasteiger partial charge in [0.05, 0.1) is 21.3 Å². The summed E-state index contributed by atoms with van der Waals surface area (Å²) in [5.74, 6) is 0.00990. The number of halogens is 1. The molecule has 0 aliphatic carbocycles. The maximum absolute atomic E-state index is 12.7. The summed E-state index contributed by atoms with van der Waals surface area (Å²) in [6.45, 7) is 7.53. The minimum absolute atomic E-state index is 0.0134. The summed E-state index contributed by atoms with van der Waals surface area (Å²) in [4.78, 5) is 21.9. The predicted octanol–water partition coefficient (Wildman–Crippen LogP) is 5.88. The summed E-state index contributed by atoms with van der Waals surface area (Å²) < 4.78 is 25.1. The molecular formula is C27H32ClN3O3S2. The molecule has 6 nitrogen and oxygen atoms in total. The molecule has 1 aromatic heterocycles. The van der Waals surface area contributed by atoms with E-state index >= 15 is 0 Å². The van der Waals surface area contributed by atoms with Gasteiger partial charge in [0.1, 0.15) is 0 Å². The third kappa shape index (κ3) is 6.28. The first-order valence-electron chi connectivity index (χ1n) is 12.4. The van der Waals surface area contributed by atoms with E-state index in [0.29, 0.717) is 24.0 Å². The van der Waals surface area contributed by atoms with Crippen molar-refractivity contribution in [3.05, 3.63) is 63.9 Å². The van der Waals surface area contributed by atoms with Gasteiger partial charge in [-0.05, 0) is 63.1 Å². The second-order valence-electron chi connectivity index (χ2n) is 8.97. The molecule has 1 aliphatic rings. The van der Waals surface area contributed by atoms with E-state index in [9.17, 15) is 13.2 Å². The third-order valence-corrected chi connectivity index (χ3v) is 9.76. The minimum atomic E-state index is -3.52. The first-order chi connectivity index (χ1) is 17.3. The predicted molar refractivity (Wildman–Crippen MR) is 148 cm³/mol. The highest BCUT2D eigenvalue weighted by Gasteiger charge is 2.27.